The fraction of sp³-hybridized carbons (Fsp3) is 0.0909. The number of carbonyl (C=O) groups excluding carboxylic acids is 2. The van der Waals surface area contributed by atoms with Gasteiger partial charge in [-0.25, -0.2) is 4.79 Å². The average molecular weight is 407 g/mol. The van der Waals surface area contributed by atoms with Crippen molar-refractivity contribution in [2.24, 2.45) is 0 Å². The van der Waals surface area contributed by atoms with Gasteiger partial charge in [0, 0.05) is 12.1 Å². The summed E-state index contributed by atoms with van der Waals surface area (Å²) < 4.78 is 4.71. The van der Waals surface area contributed by atoms with E-state index in [-0.39, 0.29) is 5.69 Å². The molecule has 7 heteroatoms. The van der Waals surface area contributed by atoms with E-state index in [0.29, 0.717) is 5.56 Å². The van der Waals surface area contributed by atoms with E-state index in [4.69, 9.17) is 4.74 Å². The highest BCUT2D eigenvalue weighted by Crippen LogP contribution is 2.50. The van der Waals surface area contributed by atoms with Gasteiger partial charge in [-0.1, -0.05) is 72.8 Å². The van der Waals surface area contributed by atoms with Crippen LogP contribution >= 0.6 is 7.92 Å². The molecule has 0 fully saturated rings. The van der Waals surface area contributed by atoms with Gasteiger partial charge in [0.1, 0.15) is 0 Å². The summed E-state index contributed by atoms with van der Waals surface area (Å²) in [5, 5.41) is 12.8. The molecule has 0 saturated carbocycles. The smallest absolute Gasteiger partial charge is 0.375 e. The van der Waals surface area contributed by atoms with Gasteiger partial charge in [-0.3, -0.25) is 14.9 Å². The number of rotatable bonds is 7. The molecule has 0 bridgehead atoms. The van der Waals surface area contributed by atoms with Crippen molar-refractivity contribution in [3.05, 3.63) is 101 Å². The van der Waals surface area contributed by atoms with Crippen molar-refractivity contribution in [2.45, 2.75) is 5.66 Å². The Labute approximate surface area is 169 Å². The van der Waals surface area contributed by atoms with Gasteiger partial charge >= 0.3 is 5.97 Å². The zero-order valence-electron chi connectivity index (χ0n) is 15.6. The Morgan fingerprint density at radius 3 is 1.76 bits per heavy atom. The Hall–Kier alpha value is -3.37. The lowest BCUT2D eigenvalue weighted by Gasteiger charge is -2.27. The van der Waals surface area contributed by atoms with Crippen LogP contribution in [0.4, 0.5) is 5.69 Å². The molecule has 0 aliphatic heterocycles. The van der Waals surface area contributed by atoms with Gasteiger partial charge in [0.15, 0.2) is 0 Å². The maximum absolute atomic E-state index is 13.1. The van der Waals surface area contributed by atoms with Gasteiger partial charge in [-0.2, -0.15) is 0 Å². The number of ether oxygens (including phenoxy) is 1. The van der Waals surface area contributed by atoms with Gasteiger partial charge in [0.2, 0.25) is 0 Å². The zero-order chi connectivity index (χ0) is 20.8. The average Bonchev–Trinajstić information content (AvgIpc) is 2.77. The molecule has 0 amide bonds. The summed E-state index contributed by atoms with van der Waals surface area (Å²) in [5.41, 5.74) is -0.380. The first-order valence-electron chi connectivity index (χ1n) is 8.78. The van der Waals surface area contributed by atoms with Crippen molar-refractivity contribution >= 4 is 36.0 Å². The molecule has 0 spiro atoms. The van der Waals surface area contributed by atoms with Crippen LogP contribution in [0.15, 0.2) is 84.9 Å². The van der Waals surface area contributed by atoms with Crippen molar-refractivity contribution < 1.29 is 19.2 Å². The molecule has 0 aliphatic rings. The first-order chi connectivity index (χ1) is 14.0. The summed E-state index contributed by atoms with van der Waals surface area (Å²) in [6.07, 6.45) is 0. The minimum atomic E-state index is -1.31. The van der Waals surface area contributed by atoms with Gasteiger partial charge in [0.25, 0.3) is 11.5 Å². The number of esters is 1. The Balaban J connectivity index is 2.19. The maximum atomic E-state index is 13.1. The van der Waals surface area contributed by atoms with Crippen molar-refractivity contribution in [3.63, 3.8) is 0 Å². The molecule has 3 rings (SSSR count). The summed E-state index contributed by atoms with van der Waals surface area (Å²) in [6.45, 7) is 0. The van der Waals surface area contributed by atoms with E-state index < -0.39 is 30.3 Å². The third-order valence-corrected chi connectivity index (χ3v) is 7.14. The third kappa shape index (κ3) is 4.55. The number of methoxy groups -OCH3 is 1. The number of non-ortho nitro benzene ring substituents is 1. The highest BCUT2D eigenvalue weighted by molar-refractivity contribution is 7.74. The zero-order valence-corrected chi connectivity index (χ0v) is 16.5. The van der Waals surface area contributed by atoms with Gasteiger partial charge in [0.05, 0.1) is 17.7 Å². The van der Waals surface area contributed by atoms with Crippen molar-refractivity contribution in [1.82, 2.24) is 0 Å². The Bertz CT molecular complexity index is 967. The van der Waals surface area contributed by atoms with E-state index in [0.717, 1.165) is 10.6 Å². The highest BCUT2D eigenvalue weighted by Gasteiger charge is 2.36. The molecule has 146 valence electrons. The fourth-order valence-electron chi connectivity index (χ4n) is 3.03. The second-order valence-electron chi connectivity index (χ2n) is 6.15. The second kappa shape index (κ2) is 9.22. The van der Waals surface area contributed by atoms with E-state index in [2.05, 4.69) is 0 Å². The summed E-state index contributed by atoms with van der Waals surface area (Å²) in [5.74, 6) is -1.62. The predicted molar refractivity (Wildman–Crippen MR) is 112 cm³/mol. The van der Waals surface area contributed by atoms with Crippen LogP contribution in [0.3, 0.4) is 0 Å². The molecule has 29 heavy (non-hydrogen) atoms. The molecule has 0 saturated heterocycles. The lowest BCUT2D eigenvalue weighted by Crippen LogP contribution is -2.28. The standard InChI is InChI=1S/C22H18NO5P/c1-28-22(25)20(24)21(16-12-14-17(15-13-16)23(26)27)29(18-8-4-2-5-9-18)19-10-6-3-7-11-19/h2-15,21H,1H3/t21-/m0/s1. The number of nitrogens with zero attached hydrogens (tertiary/aromatic N) is 1. The summed E-state index contributed by atoms with van der Waals surface area (Å²) in [6, 6.07) is 24.7. The molecule has 6 nitrogen and oxygen atoms in total. The number of hydrogen-bond donors (Lipinski definition) is 0. The maximum Gasteiger partial charge on any atom is 0.375 e. The number of carbonyl (C=O) groups is 2. The molecule has 3 aromatic rings. The van der Waals surface area contributed by atoms with Crippen LogP contribution in [0.25, 0.3) is 0 Å². The van der Waals surface area contributed by atoms with Gasteiger partial charge in [-0.15, -0.1) is 0 Å². The van der Waals surface area contributed by atoms with Crippen LogP contribution in [0.5, 0.6) is 0 Å². The first-order valence-corrected chi connectivity index (χ1v) is 10.2. The summed E-state index contributed by atoms with van der Waals surface area (Å²) >= 11 is 0. The SMILES string of the molecule is COC(=O)C(=O)[C@H](c1ccc([N+](=O)[O-])cc1)P(c1ccccc1)c1ccccc1. The lowest BCUT2D eigenvalue weighted by atomic mass is 10.1. The highest BCUT2D eigenvalue weighted by atomic mass is 31.1. The summed E-state index contributed by atoms with van der Waals surface area (Å²) in [4.78, 5) is 35.8. The van der Waals surface area contributed by atoms with Gasteiger partial charge < -0.3 is 4.74 Å². The van der Waals surface area contributed by atoms with Crippen LogP contribution in [-0.2, 0) is 14.3 Å². The Morgan fingerprint density at radius 1 is 0.862 bits per heavy atom. The van der Waals surface area contributed by atoms with Crippen molar-refractivity contribution in [3.8, 4) is 0 Å². The van der Waals surface area contributed by atoms with Crippen LogP contribution in [0, 0.1) is 10.1 Å². The normalized spacial score (nSPS) is 11.7. The topological polar surface area (TPSA) is 86.5 Å². The second-order valence-corrected chi connectivity index (χ2v) is 8.44. The molecule has 0 N–H and O–H groups in total. The van der Waals surface area contributed by atoms with Crippen LogP contribution in [0.2, 0.25) is 0 Å². The minimum absolute atomic E-state index is 0.0817. The van der Waals surface area contributed by atoms with E-state index >= 15 is 0 Å². The van der Waals surface area contributed by atoms with E-state index in [1.807, 2.05) is 60.7 Å². The number of nitro groups is 1. The van der Waals surface area contributed by atoms with Crippen LogP contribution < -0.4 is 10.6 Å². The van der Waals surface area contributed by atoms with Crippen LogP contribution in [-0.4, -0.2) is 23.8 Å². The van der Waals surface area contributed by atoms with Crippen molar-refractivity contribution in [2.75, 3.05) is 7.11 Å². The molecule has 0 unspecified atom stereocenters. The van der Waals surface area contributed by atoms with Gasteiger partial charge in [-0.05, 0) is 24.1 Å². The number of nitro benzene ring substituents is 1. The Kier molecular flexibility index (Phi) is 6.47. The molecular weight excluding hydrogens is 389 g/mol. The summed E-state index contributed by atoms with van der Waals surface area (Å²) in [7, 11) is -0.146. The molecular formula is C22H18NO5P. The Morgan fingerprint density at radius 2 is 1.34 bits per heavy atom. The molecule has 3 aromatic carbocycles. The number of Topliss-reactive ketones (excluding diaryl/α,β-unsaturated/α-hetero) is 1. The van der Waals surface area contributed by atoms with Crippen LogP contribution in [0.1, 0.15) is 11.2 Å². The number of benzene rings is 3. The fourth-order valence-corrected chi connectivity index (χ4v) is 5.72. The molecule has 0 aromatic heterocycles. The lowest BCUT2D eigenvalue weighted by molar-refractivity contribution is -0.384. The number of hydrogen-bond acceptors (Lipinski definition) is 5. The molecule has 1 atom stereocenters. The molecule has 0 heterocycles. The largest absolute Gasteiger partial charge is 0.463 e. The number of ketones is 1. The van der Waals surface area contributed by atoms with E-state index in [1.54, 1.807) is 0 Å². The predicted octanol–water partition coefficient (Wildman–Crippen LogP) is 3.51. The first kappa shape index (κ1) is 20.4. The van der Waals surface area contributed by atoms with Crippen molar-refractivity contribution in [1.29, 1.82) is 0 Å². The molecule has 0 aliphatic carbocycles. The van der Waals surface area contributed by atoms with E-state index in [1.165, 1.54) is 31.4 Å². The van der Waals surface area contributed by atoms with E-state index in [9.17, 15) is 19.7 Å². The quantitative estimate of drug-likeness (QED) is 0.197. The third-order valence-electron chi connectivity index (χ3n) is 4.38. The monoisotopic (exact) mass is 407 g/mol. The minimum Gasteiger partial charge on any atom is -0.463 e. The molecule has 0 radical (unpaired) electrons.